The Labute approximate surface area is 167 Å². The average molecular weight is 409 g/mol. The molecule has 0 amide bonds. The standard InChI is InChI=1S/C18H24N4O3S2/c1-14-16(21-13-20-14)11-26-8-5-15(10-22(23)24)6-9-27-12-17-18(25-2)4-3-7-19-17/h3-4,7,10,13H,5-6,8-9,11-12H2,1-2H3,(H,20,21)/b15-10+. The van der Waals surface area contributed by atoms with Gasteiger partial charge in [0.05, 0.1) is 29.7 Å². The van der Waals surface area contributed by atoms with Gasteiger partial charge in [-0.05, 0) is 43.4 Å². The fourth-order valence-corrected chi connectivity index (χ4v) is 4.39. The van der Waals surface area contributed by atoms with Crippen molar-refractivity contribution in [1.82, 2.24) is 15.0 Å². The lowest BCUT2D eigenvalue weighted by atomic mass is 10.2. The van der Waals surface area contributed by atoms with Gasteiger partial charge in [0.2, 0.25) is 6.20 Å². The molecule has 9 heteroatoms. The molecule has 1 N–H and O–H groups in total. The molecule has 0 aliphatic rings. The predicted octanol–water partition coefficient (Wildman–Crippen LogP) is 4.23. The molecular formula is C18H24N4O3S2. The van der Waals surface area contributed by atoms with Crippen LogP contribution in [0.15, 0.2) is 36.4 Å². The van der Waals surface area contributed by atoms with E-state index in [1.54, 1.807) is 43.2 Å². The largest absolute Gasteiger partial charge is 0.495 e. The zero-order valence-electron chi connectivity index (χ0n) is 15.5. The number of nitrogens with one attached hydrogen (secondary N) is 1. The third kappa shape index (κ3) is 7.64. The SMILES string of the molecule is COc1cccnc1CSCC/C(=C/[N+](=O)[O-])CCSCc1nc[nH]c1C. The maximum atomic E-state index is 10.9. The number of aromatic amines is 1. The van der Waals surface area contributed by atoms with Crippen molar-refractivity contribution in [1.29, 1.82) is 0 Å². The molecule has 7 nitrogen and oxygen atoms in total. The maximum absolute atomic E-state index is 10.9. The number of H-pyrrole nitrogens is 1. The second-order valence-electron chi connectivity index (χ2n) is 5.80. The minimum Gasteiger partial charge on any atom is -0.495 e. The Kier molecular flexibility index (Phi) is 9.20. The summed E-state index contributed by atoms with van der Waals surface area (Å²) in [5, 5.41) is 10.9. The lowest BCUT2D eigenvalue weighted by molar-refractivity contribution is -0.403. The number of allylic oxidation sites excluding steroid dienone is 1. The van der Waals surface area contributed by atoms with E-state index in [1.165, 1.54) is 0 Å². The molecule has 2 heterocycles. The van der Waals surface area contributed by atoms with Gasteiger partial charge in [0.25, 0.3) is 0 Å². The Morgan fingerprint density at radius 3 is 2.56 bits per heavy atom. The highest BCUT2D eigenvalue weighted by Gasteiger charge is 2.08. The van der Waals surface area contributed by atoms with E-state index in [0.717, 1.165) is 57.6 Å². The smallest absolute Gasteiger partial charge is 0.233 e. The van der Waals surface area contributed by atoms with Crippen molar-refractivity contribution < 1.29 is 9.66 Å². The summed E-state index contributed by atoms with van der Waals surface area (Å²) in [6, 6.07) is 3.73. The molecule has 0 fully saturated rings. The fraction of sp³-hybridized carbons (Fsp3) is 0.444. The molecular weight excluding hydrogens is 384 g/mol. The van der Waals surface area contributed by atoms with Gasteiger partial charge in [0, 0.05) is 29.0 Å². The van der Waals surface area contributed by atoms with Crippen molar-refractivity contribution >= 4 is 23.5 Å². The van der Waals surface area contributed by atoms with Gasteiger partial charge in [-0.3, -0.25) is 15.1 Å². The Balaban J connectivity index is 1.74. The first kappa shape index (κ1) is 21.3. The normalized spacial score (nSPS) is 11.6. The van der Waals surface area contributed by atoms with Crippen LogP contribution in [0.4, 0.5) is 0 Å². The molecule has 0 aliphatic heterocycles. The first-order valence-electron chi connectivity index (χ1n) is 8.55. The highest BCUT2D eigenvalue weighted by atomic mass is 32.2. The summed E-state index contributed by atoms with van der Waals surface area (Å²) in [5.41, 5.74) is 3.88. The Bertz CT molecular complexity index is 765. The van der Waals surface area contributed by atoms with Gasteiger partial charge in [0.15, 0.2) is 0 Å². The van der Waals surface area contributed by atoms with Gasteiger partial charge >= 0.3 is 0 Å². The summed E-state index contributed by atoms with van der Waals surface area (Å²) in [7, 11) is 1.63. The lowest BCUT2D eigenvalue weighted by Crippen LogP contribution is -1.97. The van der Waals surface area contributed by atoms with Gasteiger partial charge in [-0.25, -0.2) is 4.98 Å². The molecule has 0 unspecified atom stereocenters. The Morgan fingerprint density at radius 2 is 1.96 bits per heavy atom. The van der Waals surface area contributed by atoms with Crippen molar-refractivity contribution in [2.45, 2.75) is 31.3 Å². The maximum Gasteiger partial charge on any atom is 0.233 e. The summed E-state index contributed by atoms with van der Waals surface area (Å²) < 4.78 is 5.29. The van der Waals surface area contributed by atoms with E-state index >= 15 is 0 Å². The summed E-state index contributed by atoms with van der Waals surface area (Å²) in [6.07, 6.45) is 6.00. The second kappa shape index (κ2) is 11.7. The van der Waals surface area contributed by atoms with Crippen LogP contribution in [0.1, 0.15) is 29.9 Å². The third-order valence-corrected chi connectivity index (χ3v) is 5.84. The number of ether oxygens (including phenoxy) is 1. The summed E-state index contributed by atoms with van der Waals surface area (Å²) in [4.78, 5) is 22.2. The van der Waals surface area contributed by atoms with Crippen LogP contribution in [0.2, 0.25) is 0 Å². The average Bonchev–Trinajstić information content (AvgIpc) is 3.06. The number of nitro groups is 1. The molecule has 27 heavy (non-hydrogen) atoms. The fourth-order valence-electron chi connectivity index (χ4n) is 2.40. The van der Waals surface area contributed by atoms with E-state index in [9.17, 15) is 10.1 Å². The van der Waals surface area contributed by atoms with Crippen molar-refractivity contribution in [2.24, 2.45) is 0 Å². The van der Waals surface area contributed by atoms with E-state index in [0.29, 0.717) is 12.8 Å². The number of hydrogen-bond acceptors (Lipinski definition) is 7. The highest BCUT2D eigenvalue weighted by Crippen LogP contribution is 2.23. The van der Waals surface area contributed by atoms with E-state index in [4.69, 9.17) is 4.74 Å². The monoisotopic (exact) mass is 408 g/mol. The molecule has 2 aromatic rings. The number of aryl methyl sites for hydroxylation is 1. The molecule has 2 aromatic heterocycles. The first-order valence-corrected chi connectivity index (χ1v) is 10.9. The summed E-state index contributed by atoms with van der Waals surface area (Å²) in [5.74, 6) is 3.96. The predicted molar refractivity (Wildman–Crippen MR) is 111 cm³/mol. The highest BCUT2D eigenvalue weighted by molar-refractivity contribution is 7.98. The number of hydrogen-bond donors (Lipinski definition) is 1. The van der Waals surface area contributed by atoms with Crippen LogP contribution in [0.25, 0.3) is 0 Å². The Hall–Kier alpha value is -2.00. The third-order valence-electron chi connectivity index (χ3n) is 3.90. The van der Waals surface area contributed by atoms with Crippen LogP contribution in [-0.4, -0.2) is 38.5 Å². The van der Waals surface area contributed by atoms with Crippen molar-refractivity contribution in [3.63, 3.8) is 0 Å². The molecule has 0 bridgehead atoms. The van der Waals surface area contributed by atoms with E-state index < -0.39 is 0 Å². The van der Waals surface area contributed by atoms with Gasteiger partial charge in [-0.15, -0.1) is 0 Å². The number of methoxy groups -OCH3 is 1. The second-order valence-corrected chi connectivity index (χ2v) is 8.01. The van der Waals surface area contributed by atoms with Crippen molar-refractivity contribution in [2.75, 3.05) is 18.6 Å². The molecule has 0 saturated heterocycles. The number of pyridine rings is 1. The minimum absolute atomic E-state index is 0.357. The van der Waals surface area contributed by atoms with E-state index in [-0.39, 0.29) is 4.92 Å². The molecule has 0 saturated carbocycles. The minimum atomic E-state index is -0.357. The van der Waals surface area contributed by atoms with Gasteiger partial charge in [0.1, 0.15) is 5.75 Å². The molecule has 0 spiro atoms. The van der Waals surface area contributed by atoms with Crippen LogP contribution in [0, 0.1) is 17.0 Å². The number of imidazole rings is 1. The topological polar surface area (TPSA) is 93.9 Å². The van der Waals surface area contributed by atoms with Crippen LogP contribution in [-0.2, 0) is 11.5 Å². The summed E-state index contributed by atoms with van der Waals surface area (Å²) >= 11 is 3.45. The van der Waals surface area contributed by atoms with Gasteiger partial charge < -0.3 is 9.72 Å². The van der Waals surface area contributed by atoms with Crippen LogP contribution in [0.3, 0.4) is 0 Å². The zero-order valence-corrected chi connectivity index (χ0v) is 17.1. The lowest BCUT2D eigenvalue weighted by Gasteiger charge is -2.08. The van der Waals surface area contributed by atoms with E-state index in [1.807, 2.05) is 19.1 Å². The van der Waals surface area contributed by atoms with Crippen molar-refractivity contribution in [3.8, 4) is 5.75 Å². The Morgan fingerprint density at radius 1 is 1.26 bits per heavy atom. The van der Waals surface area contributed by atoms with E-state index in [2.05, 4.69) is 15.0 Å². The number of aromatic nitrogens is 3. The van der Waals surface area contributed by atoms with Gasteiger partial charge in [-0.1, -0.05) is 0 Å². The van der Waals surface area contributed by atoms with Crippen LogP contribution >= 0.6 is 23.5 Å². The van der Waals surface area contributed by atoms with Crippen LogP contribution in [0.5, 0.6) is 5.75 Å². The number of rotatable bonds is 12. The number of thioether (sulfide) groups is 2. The van der Waals surface area contributed by atoms with Crippen LogP contribution < -0.4 is 4.74 Å². The molecule has 2 rings (SSSR count). The van der Waals surface area contributed by atoms with Gasteiger partial charge in [-0.2, -0.15) is 23.5 Å². The molecule has 0 radical (unpaired) electrons. The molecule has 146 valence electrons. The molecule has 0 aromatic carbocycles. The summed E-state index contributed by atoms with van der Waals surface area (Å²) in [6.45, 7) is 1.99. The van der Waals surface area contributed by atoms with Crippen molar-refractivity contribution in [3.05, 3.63) is 63.6 Å². The molecule has 0 aliphatic carbocycles. The quantitative estimate of drug-likeness (QED) is 0.319. The molecule has 0 atom stereocenters. The zero-order chi connectivity index (χ0) is 19.5. The number of nitrogens with zero attached hydrogens (tertiary/aromatic N) is 3. The first-order chi connectivity index (χ1) is 13.1.